The number of pyridine rings is 1. The Hall–Kier alpha value is -1.09. The molecule has 102 valence electrons. The van der Waals surface area contributed by atoms with Gasteiger partial charge in [-0.1, -0.05) is 13.8 Å². The Bertz CT molecular complexity index is 338. The second-order valence-electron chi connectivity index (χ2n) is 4.88. The van der Waals surface area contributed by atoms with Crippen molar-refractivity contribution in [2.75, 3.05) is 25.0 Å². The molecule has 1 aromatic rings. The molecule has 0 spiro atoms. The van der Waals surface area contributed by atoms with Crippen molar-refractivity contribution in [1.29, 1.82) is 0 Å². The van der Waals surface area contributed by atoms with E-state index in [0.29, 0.717) is 6.04 Å². The zero-order chi connectivity index (χ0) is 13.4. The van der Waals surface area contributed by atoms with Crippen LogP contribution in [0.1, 0.15) is 39.2 Å². The summed E-state index contributed by atoms with van der Waals surface area (Å²) >= 11 is 0. The number of hydrogen-bond donors (Lipinski definition) is 1. The number of aryl methyl sites for hydroxylation is 1. The Morgan fingerprint density at radius 3 is 2.78 bits per heavy atom. The van der Waals surface area contributed by atoms with Crippen molar-refractivity contribution in [2.45, 2.75) is 46.6 Å². The van der Waals surface area contributed by atoms with Gasteiger partial charge >= 0.3 is 0 Å². The summed E-state index contributed by atoms with van der Waals surface area (Å²) in [5.41, 5.74) is 1.25. The van der Waals surface area contributed by atoms with E-state index in [0.717, 1.165) is 31.9 Å². The molecule has 0 saturated carbocycles. The molecule has 0 aliphatic carbocycles. The molecule has 18 heavy (non-hydrogen) atoms. The maximum atomic E-state index is 4.30. The van der Waals surface area contributed by atoms with Crippen LogP contribution in [0.25, 0.3) is 0 Å². The largest absolute Gasteiger partial charge is 0.370 e. The standard InChI is InChI=1S/C15H27N3/c1-5-14(4)18(6-2)11-7-9-16-15-12-13(3)8-10-17-15/h8,10,12,14H,5-7,9,11H2,1-4H3,(H,16,17). The minimum Gasteiger partial charge on any atom is -0.370 e. The molecule has 0 amide bonds. The molecule has 1 N–H and O–H groups in total. The van der Waals surface area contributed by atoms with Crippen LogP contribution in [0.5, 0.6) is 0 Å². The van der Waals surface area contributed by atoms with E-state index >= 15 is 0 Å². The average Bonchev–Trinajstić information content (AvgIpc) is 2.38. The molecular formula is C15H27N3. The highest BCUT2D eigenvalue weighted by atomic mass is 15.1. The minimum atomic E-state index is 0.687. The van der Waals surface area contributed by atoms with Gasteiger partial charge in [-0.05, 0) is 50.9 Å². The van der Waals surface area contributed by atoms with Crippen LogP contribution >= 0.6 is 0 Å². The van der Waals surface area contributed by atoms with Gasteiger partial charge in [-0.3, -0.25) is 0 Å². The fourth-order valence-corrected chi connectivity index (χ4v) is 2.08. The van der Waals surface area contributed by atoms with Crippen molar-refractivity contribution >= 4 is 5.82 Å². The monoisotopic (exact) mass is 249 g/mol. The zero-order valence-electron chi connectivity index (χ0n) is 12.2. The van der Waals surface area contributed by atoms with Gasteiger partial charge in [-0.25, -0.2) is 4.98 Å². The molecule has 0 saturated heterocycles. The van der Waals surface area contributed by atoms with E-state index < -0.39 is 0 Å². The summed E-state index contributed by atoms with van der Waals surface area (Å²) in [5, 5.41) is 3.38. The van der Waals surface area contributed by atoms with E-state index in [1.807, 2.05) is 12.3 Å². The Balaban J connectivity index is 2.25. The molecule has 0 aliphatic rings. The number of nitrogens with zero attached hydrogens (tertiary/aromatic N) is 2. The molecule has 3 heteroatoms. The summed E-state index contributed by atoms with van der Waals surface area (Å²) in [6.07, 6.45) is 4.24. The molecule has 1 atom stereocenters. The second kappa shape index (κ2) is 8.09. The average molecular weight is 249 g/mol. The van der Waals surface area contributed by atoms with E-state index in [1.165, 1.54) is 12.0 Å². The summed E-state index contributed by atoms with van der Waals surface area (Å²) in [5.74, 6) is 0.988. The lowest BCUT2D eigenvalue weighted by Crippen LogP contribution is -2.34. The second-order valence-corrected chi connectivity index (χ2v) is 4.88. The van der Waals surface area contributed by atoms with Gasteiger partial charge in [-0.2, -0.15) is 0 Å². The first-order chi connectivity index (χ1) is 8.67. The molecule has 1 aromatic heterocycles. The Labute approximate surface area is 112 Å². The first kappa shape index (κ1) is 15.0. The van der Waals surface area contributed by atoms with E-state index in [-0.39, 0.29) is 0 Å². The Morgan fingerprint density at radius 1 is 1.39 bits per heavy atom. The Morgan fingerprint density at radius 2 is 2.17 bits per heavy atom. The minimum absolute atomic E-state index is 0.687. The Kier molecular flexibility index (Phi) is 6.73. The van der Waals surface area contributed by atoms with Crippen LogP contribution < -0.4 is 5.32 Å². The fourth-order valence-electron chi connectivity index (χ4n) is 2.08. The summed E-state index contributed by atoms with van der Waals surface area (Å²) in [6.45, 7) is 12.2. The highest BCUT2D eigenvalue weighted by Gasteiger charge is 2.08. The third kappa shape index (κ3) is 5.05. The molecule has 0 bridgehead atoms. The lowest BCUT2D eigenvalue weighted by Gasteiger charge is -2.26. The molecule has 3 nitrogen and oxygen atoms in total. The number of nitrogens with one attached hydrogen (secondary N) is 1. The lowest BCUT2D eigenvalue weighted by molar-refractivity contribution is 0.214. The number of hydrogen-bond acceptors (Lipinski definition) is 3. The quantitative estimate of drug-likeness (QED) is 0.716. The van der Waals surface area contributed by atoms with Crippen LogP contribution in [-0.2, 0) is 0 Å². The van der Waals surface area contributed by atoms with Crippen LogP contribution in [0.2, 0.25) is 0 Å². The van der Waals surface area contributed by atoms with Gasteiger partial charge in [0.25, 0.3) is 0 Å². The van der Waals surface area contributed by atoms with Crippen molar-refractivity contribution in [3.63, 3.8) is 0 Å². The van der Waals surface area contributed by atoms with Crippen LogP contribution in [0.4, 0.5) is 5.82 Å². The van der Waals surface area contributed by atoms with Crippen molar-refractivity contribution in [3.05, 3.63) is 23.9 Å². The molecule has 1 heterocycles. The lowest BCUT2D eigenvalue weighted by atomic mass is 10.2. The van der Waals surface area contributed by atoms with Gasteiger partial charge < -0.3 is 10.2 Å². The van der Waals surface area contributed by atoms with Crippen LogP contribution in [0.15, 0.2) is 18.3 Å². The van der Waals surface area contributed by atoms with E-state index in [2.05, 4.69) is 49.0 Å². The highest BCUT2D eigenvalue weighted by Crippen LogP contribution is 2.06. The van der Waals surface area contributed by atoms with Crippen molar-refractivity contribution < 1.29 is 0 Å². The van der Waals surface area contributed by atoms with E-state index in [9.17, 15) is 0 Å². The summed E-state index contributed by atoms with van der Waals surface area (Å²) in [6, 6.07) is 4.80. The van der Waals surface area contributed by atoms with Crippen molar-refractivity contribution in [2.24, 2.45) is 0 Å². The summed E-state index contributed by atoms with van der Waals surface area (Å²) < 4.78 is 0. The highest BCUT2D eigenvalue weighted by molar-refractivity contribution is 5.36. The third-order valence-electron chi connectivity index (χ3n) is 3.46. The summed E-state index contributed by atoms with van der Waals surface area (Å²) in [7, 11) is 0. The zero-order valence-corrected chi connectivity index (χ0v) is 12.2. The smallest absolute Gasteiger partial charge is 0.126 e. The number of rotatable bonds is 8. The predicted molar refractivity (Wildman–Crippen MR) is 79.1 cm³/mol. The topological polar surface area (TPSA) is 28.2 Å². The van der Waals surface area contributed by atoms with Gasteiger partial charge in [0.05, 0.1) is 0 Å². The van der Waals surface area contributed by atoms with Gasteiger partial charge in [0.1, 0.15) is 5.82 Å². The van der Waals surface area contributed by atoms with Crippen LogP contribution in [-0.4, -0.2) is 35.6 Å². The van der Waals surface area contributed by atoms with Crippen LogP contribution in [0.3, 0.4) is 0 Å². The predicted octanol–water partition coefficient (Wildman–Crippen LogP) is 3.31. The molecule has 0 radical (unpaired) electrons. The molecule has 1 rings (SSSR count). The van der Waals surface area contributed by atoms with E-state index in [4.69, 9.17) is 0 Å². The van der Waals surface area contributed by atoms with Gasteiger partial charge in [-0.15, -0.1) is 0 Å². The van der Waals surface area contributed by atoms with Crippen molar-refractivity contribution in [1.82, 2.24) is 9.88 Å². The molecule has 0 fully saturated rings. The van der Waals surface area contributed by atoms with Crippen molar-refractivity contribution in [3.8, 4) is 0 Å². The summed E-state index contributed by atoms with van der Waals surface area (Å²) in [4.78, 5) is 6.84. The SMILES string of the molecule is CCC(C)N(CC)CCCNc1cc(C)ccn1. The first-order valence-electron chi connectivity index (χ1n) is 7.08. The van der Waals surface area contributed by atoms with Gasteiger partial charge in [0.15, 0.2) is 0 Å². The number of aromatic nitrogens is 1. The normalized spacial score (nSPS) is 12.7. The molecule has 1 unspecified atom stereocenters. The maximum absolute atomic E-state index is 4.30. The first-order valence-corrected chi connectivity index (χ1v) is 7.08. The molecule has 0 aromatic carbocycles. The van der Waals surface area contributed by atoms with Gasteiger partial charge in [0, 0.05) is 25.3 Å². The van der Waals surface area contributed by atoms with E-state index in [1.54, 1.807) is 0 Å². The van der Waals surface area contributed by atoms with Gasteiger partial charge in [0.2, 0.25) is 0 Å². The third-order valence-corrected chi connectivity index (χ3v) is 3.46. The maximum Gasteiger partial charge on any atom is 0.126 e. The van der Waals surface area contributed by atoms with Crippen LogP contribution in [0, 0.1) is 6.92 Å². The number of anilines is 1. The molecule has 0 aliphatic heterocycles. The molecular weight excluding hydrogens is 222 g/mol. The fraction of sp³-hybridized carbons (Fsp3) is 0.667.